The van der Waals surface area contributed by atoms with Crippen molar-refractivity contribution in [1.82, 2.24) is 0 Å². The molecule has 6 heterocycles. The molecule has 0 amide bonds. The molecule has 32 nitrogen and oxygen atoms in total. The third-order valence-corrected chi connectivity index (χ3v) is 21.5. The van der Waals surface area contributed by atoms with E-state index in [1.165, 1.54) is 20.8 Å². The topological polar surface area (TPSA) is 520 Å². The number of carbonyl (C=O) groups excluding carboxylic acids is 9. The lowest BCUT2D eigenvalue weighted by molar-refractivity contribution is -0.209. The molecule has 27 atom stereocenters. The number of hydrogen-bond acceptors (Lipinski definition) is 32. The number of aliphatic hydroxyl groups excluding tert-OH is 14. The Balaban J connectivity index is 0.000000407. The molecule has 14 N–H and O–H groups in total. The molecule has 0 spiro atoms. The van der Waals surface area contributed by atoms with Gasteiger partial charge in [-0.25, -0.2) is 0 Å². The van der Waals surface area contributed by atoms with Crippen LogP contribution in [0.5, 0.6) is 0 Å². The van der Waals surface area contributed by atoms with Crippen LogP contribution in [0.4, 0.5) is 0 Å². The number of Topliss-reactive ketones (excluding diaryl/α,β-unsaturated/α-hetero) is 4. The van der Waals surface area contributed by atoms with Crippen molar-refractivity contribution in [2.45, 2.75) is 330 Å². The SMILES string of the molecule is C/C=C(/C)C1C/C=C(\C)C(O)C(O)C(=O)CC(O)C(C)C(=O)O1.C/C=C(/C)C1C/C=C(\C)C(O)CC(=O)CC(O)C(C)C(=O)O1.C/C=C(/C)C1C/C=C(\C)C(OC2OC(CO)C(O)C2O)C(O)C(=O)CC(O)C(C)C(=O)O1.C/C=C(/C)C1C/C=C(\C)C(OC2OC(CO)C(O)C2O)C(OC(=O)CC(C)C)C(=O)CC(O)C(C)C(=O)O1. The Morgan fingerprint density at radius 1 is 0.417 bits per heavy atom. The van der Waals surface area contributed by atoms with Crippen molar-refractivity contribution in [2.75, 3.05) is 13.2 Å². The normalized spacial score (nSPS) is 38.1. The number of hydrogen-bond donors (Lipinski definition) is 14. The molecule has 115 heavy (non-hydrogen) atoms. The first-order valence-corrected chi connectivity index (χ1v) is 39.1. The predicted octanol–water partition coefficient (Wildman–Crippen LogP) is 3.12. The van der Waals surface area contributed by atoms with Gasteiger partial charge in [0.1, 0.15) is 97.3 Å². The third-order valence-electron chi connectivity index (χ3n) is 21.5. The monoisotopic (exact) mass is 1640 g/mol. The molecule has 2 saturated heterocycles. The molecule has 0 radical (unpaired) electrons. The fourth-order valence-corrected chi connectivity index (χ4v) is 12.2. The summed E-state index contributed by atoms with van der Waals surface area (Å²) >= 11 is 0. The van der Waals surface area contributed by atoms with Crippen molar-refractivity contribution in [3.8, 4) is 0 Å². The molecular weight excluding hydrogens is 1510 g/mol. The molecule has 0 saturated carbocycles. The third kappa shape index (κ3) is 30.5. The Morgan fingerprint density at radius 3 is 1.07 bits per heavy atom. The lowest BCUT2D eigenvalue weighted by Gasteiger charge is -2.32. The number of ketones is 4. The molecule has 6 rings (SSSR count). The van der Waals surface area contributed by atoms with E-state index in [-0.39, 0.29) is 43.8 Å². The molecule has 2 fully saturated rings. The molecule has 0 aromatic rings. The van der Waals surface area contributed by atoms with E-state index >= 15 is 0 Å². The molecule has 32 heteroatoms. The summed E-state index contributed by atoms with van der Waals surface area (Å²) in [5.74, 6) is -9.35. The summed E-state index contributed by atoms with van der Waals surface area (Å²) in [6.07, 6.45) is -14.5. The van der Waals surface area contributed by atoms with Crippen LogP contribution >= 0.6 is 0 Å². The maximum absolute atomic E-state index is 13.4. The van der Waals surface area contributed by atoms with Gasteiger partial charge in [-0.1, -0.05) is 62.5 Å². The fourth-order valence-electron chi connectivity index (χ4n) is 12.2. The van der Waals surface area contributed by atoms with Crippen LogP contribution in [-0.4, -0.2) is 278 Å². The van der Waals surface area contributed by atoms with Crippen LogP contribution in [0, 0.1) is 29.6 Å². The Bertz CT molecular complexity index is 3490. The van der Waals surface area contributed by atoms with Crippen LogP contribution in [0.15, 0.2) is 93.2 Å². The van der Waals surface area contributed by atoms with E-state index in [1.54, 1.807) is 98.8 Å². The zero-order valence-corrected chi connectivity index (χ0v) is 69.4. The van der Waals surface area contributed by atoms with Crippen LogP contribution in [0.3, 0.4) is 0 Å². The van der Waals surface area contributed by atoms with E-state index in [4.69, 9.17) is 42.6 Å². The van der Waals surface area contributed by atoms with E-state index in [0.29, 0.717) is 35.1 Å². The maximum atomic E-state index is 13.4. The number of carbonyl (C=O) groups is 9. The highest BCUT2D eigenvalue weighted by Gasteiger charge is 2.49. The van der Waals surface area contributed by atoms with E-state index in [0.717, 1.165) is 22.3 Å². The quantitative estimate of drug-likeness (QED) is 0.0715. The zero-order chi connectivity index (χ0) is 87.5. The average molecular weight is 1640 g/mol. The van der Waals surface area contributed by atoms with Gasteiger partial charge in [-0.3, -0.25) is 43.2 Å². The second-order valence-electron chi connectivity index (χ2n) is 30.8. The van der Waals surface area contributed by atoms with Crippen molar-refractivity contribution in [1.29, 1.82) is 0 Å². The summed E-state index contributed by atoms with van der Waals surface area (Å²) in [5, 5.41) is 141. The number of ether oxygens (including phenoxy) is 9. The zero-order valence-electron chi connectivity index (χ0n) is 69.4. The number of esters is 5. The molecule has 0 aromatic carbocycles. The second kappa shape index (κ2) is 48.9. The van der Waals surface area contributed by atoms with E-state index in [2.05, 4.69) is 0 Å². The summed E-state index contributed by atoms with van der Waals surface area (Å²) in [5.41, 5.74) is 5.18. The average Bonchev–Trinajstić information content (AvgIpc) is 1.71. The molecule has 0 bridgehead atoms. The summed E-state index contributed by atoms with van der Waals surface area (Å²) in [6.45, 7) is 29.5. The van der Waals surface area contributed by atoms with Gasteiger partial charge in [0.05, 0.1) is 67.4 Å². The summed E-state index contributed by atoms with van der Waals surface area (Å²) in [6, 6.07) is 0. The molecular formula is C83H128O32. The van der Waals surface area contributed by atoms with Crippen molar-refractivity contribution >= 4 is 53.0 Å². The predicted molar refractivity (Wildman–Crippen MR) is 413 cm³/mol. The lowest BCUT2D eigenvalue weighted by Crippen LogP contribution is -2.47. The molecule has 6 aliphatic rings. The van der Waals surface area contributed by atoms with E-state index in [1.807, 2.05) is 53.7 Å². The molecule has 27 unspecified atom stereocenters. The second-order valence-corrected chi connectivity index (χ2v) is 30.8. The number of cyclic esters (lactones) is 4. The fraction of sp³-hybridized carbons (Fsp3) is 0.699. The first kappa shape index (κ1) is 102. The summed E-state index contributed by atoms with van der Waals surface area (Å²) in [4.78, 5) is 112. The van der Waals surface area contributed by atoms with Crippen molar-refractivity contribution < 1.29 is 157 Å². The van der Waals surface area contributed by atoms with Gasteiger partial charge in [0.15, 0.2) is 36.0 Å². The first-order chi connectivity index (χ1) is 53.7. The Morgan fingerprint density at radius 2 is 0.730 bits per heavy atom. The van der Waals surface area contributed by atoms with Crippen molar-refractivity contribution in [3.63, 3.8) is 0 Å². The van der Waals surface area contributed by atoms with Crippen LogP contribution < -0.4 is 0 Å². The number of allylic oxidation sites excluding steroid dienone is 4. The minimum Gasteiger partial charge on any atom is -0.457 e. The van der Waals surface area contributed by atoms with Crippen LogP contribution in [-0.2, 0) is 85.8 Å². The van der Waals surface area contributed by atoms with Gasteiger partial charge in [-0.2, -0.15) is 0 Å². The molecule has 652 valence electrons. The molecule has 0 aliphatic carbocycles. The van der Waals surface area contributed by atoms with Gasteiger partial charge in [-0.05, 0) is 161 Å². The van der Waals surface area contributed by atoms with Gasteiger partial charge in [0.2, 0.25) is 0 Å². The van der Waals surface area contributed by atoms with E-state index < -0.39 is 244 Å². The van der Waals surface area contributed by atoms with Gasteiger partial charge < -0.3 is 114 Å². The number of aliphatic hydroxyl groups is 14. The Hall–Kier alpha value is -6.77. The summed E-state index contributed by atoms with van der Waals surface area (Å²) in [7, 11) is 0. The maximum Gasteiger partial charge on any atom is 0.311 e. The van der Waals surface area contributed by atoms with Gasteiger partial charge in [0, 0.05) is 64.2 Å². The summed E-state index contributed by atoms with van der Waals surface area (Å²) < 4.78 is 50.1. The first-order valence-electron chi connectivity index (χ1n) is 39.1. The van der Waals surface area contributed by atoms with Gasteiger partial charge >= 0.3 is 29.8 Å². The minimum absolute atomic E-state index is 0.0148. The van der Waals surface area contributed by atoms with E-state index in [9.17, 15) is 115 Å². The highest BCUT2D eigenvalue weighted by Crippen LogP contribution is 2.33. The minimum atomic E-state index is -1.73. The standard InChI is InChI=1S/C27H42O11.C22H34O10.C17H26O6.C17H26O5/c1-7-14(4)19-9-8-15(5)24(38-27-23(33)22(32)20(12-28)36-27)25(37-21(31)10-13(2)3)18(30)11-17(29)16(6)26(34)35-19;1-5-10(2)15-7-6-11(3)20(32-22-19(28)18(27)16(9-23)31-22)17(26)14(25)8-13(24)12(4)21(29)30-15;1-5-9(2)14-7-6-10(3)15(20)16(21)13(19)8-12(18)11(4)17(22)23-14;1-5-10(2)16-7-6-11(3)14(19)8-13(18)9-15(20)12(4)17(21)22-16/h7-8,13,16-17,19-20,22-25,27-29,32-33H,9-12H2,1-6H3;5-6,12-13,15-20,22-24,26-28H,7-9H2,1-4H3;5-6,11-12,14-16,18,20-21H,7-8H2,1-4H3;5-6,12,14-16,19-20H,7-9H2,1-4H3/b14-7-,15-8+;10-5-,11-6+;9-5-,10-6+;10-5-,11-6+. The number of rotatable bonds is 13. The van der Waals surface area contributed by atoms with Gasteiger partial charge in [0.25, 0.3) is 0 Å². The lowest BCUT2D eigenvalue weighted by atomic mass is 9.92. The largest absolute Gasteiger partial charge is 0.457 e. The smallest absolute Gasteiger partial charge is 0.311 e. The molecule has 6 aliphatic heterocycles. The Kier molecular flexibility index (Phi) is 43.6. The van der Waals surface area contributed by atoms with Crippen LogP contribution in [0.1, 0.15) is 189 Å². The van der Waals surface area contributed by atoms with Crippen LogP contribution in [0.2, 0.25) is 0 Å². The van der Waals surface area contributed by atoms with Crippen LogP contribution in [0.25, 0.3) is 0 Å². The highest BCUT2D eigenvalue weighted by molar-refractivity contribution is 5.88. The molecule has 0 aromatic heterocycles. The van der Waals surface area contributed by atoms with Gasteiger partial charge in [-0.15, -0.1) is 0 Å². The van der Waals surface area contributed by atoms with Crippen molar-refractivity contribution in [3.05, 3.63) is 93.2 Å². The highest BCUT2D eigenvalue weighted by atomic mass is 16.7. The van der Waals surface area contributed by atoms with Crippen molar-refractivity contribution in [2.24, 2.45) is 29.6 Å². The Labute approximate surface area is 673 Å².